The summed E-state index contributed by atoms with van der Waals surface area (Å²) in [7, 11) is 0. The van der Waals surface area contributed by atoms with Gasteiger partial charge in [-0.05, 0) is 0 Å². The summed E-state index contributed by atoms with van der Waals surface area (Å²) in [5, 5.41) is 0. The summed E-state index contributed by atoms with van der Waals surface area (Å²) in [6.07, 6.45) is 1.06. The molecule has 0 N–H and O–H groups in total. The number of hydrogen-bond donors (Lipinski definition) is 0. The van der Waals surface area contributed by atoms with Crippen molar-refractivity contribution in [1.29, 1.82) is 0 Å². The summed E-state index contributed by atoms with van der Waals surface area (Å²) in [5.41, 5.74) is 5.39. The van der Waals surface area contributed by atoms with Crippen molar-refractivity contribution < 1.29 is 21.1 Å². The second-order valence-corrected chi connectivity index (χ2v) is 4.12. The van der Waals surface area contributed by atoms with Gasteiger partial charge in [-0.3, -0.25) is 0 Å². The predicted molar refractivity (Wildman–Crippen MR) is 57.8 cm³/mol. The largest absolute Gasteiger partial charge is 2.00 e. The predicted octanol–water partition coefficient (Wildman–Crippen LogP) is 3.57. The second kappa shape index (κ2) is 5.71. The van der Waals surface area contributed by atoms with Crippen molar-refractivity contribution in [1.82, 2.24) is 0 Å². The molecule has 0 fully saturated rings. The number of rotatable bonds is 2. The zero-order valence-electron chi connectivity index (χ0n) is 9.69. The van der Waals surface area contributed by atoms with E-state index >= 15 is 0 Å². The van der Waals surface area contributed by atoms with E-state index in [0.29, 0.717) is 0 Å². The Balaban J connectivity index is 0.00000169. The molecule has 76 valence electrons. The van der Waals surface area contributed by atoms with Gasteiger partial charge in [-0.2, -0.15) is 54.7 Å². The molecule has 0 aliphatic carbocycles. The molecule has 1 rings (SSSR count). The van der Waals surface area contributed by atoms with E-state index in [1.807, 2.05) is 0 Å². The van der Waals surface area contributed by atoms with Crippen molar-refractivity contribution >= 4 is 0 Å². The molecule has 1 aromatic rings. The van der Waals surface area contributed by atoms with E-state index in [2.05, 4.69) is 46.8 Å². The monoisotopic (exact) mass is 358 g/mol. The third-order valence-electron chi connectivity index (χ3n) is 2.36. The fourth-order valence-electron chi connectivity index (χ4n) is 1.57. The van der Waals surface area contributed by atoms with Gasteiger partial charge in [0.2, 0.25) is 0 Å². The summed E-state index contributed by atoms with van der Waals surface area (Å²) in [6, 6.07) is 5.63. The Hall–Kier alpha value is -0.0917. The summed E-state index contributed by atoms with van der Waals surface area (Å²) >= 11 is 0. The van der Waals surface area contributed by atoms with E-state index in [-0.39, 0.29) is 21.1 Å². The van der Waals surface area contributed by atoms with Crippen molar-refractivity contribution in [3.8, 4) is 0 Å². The Morgan fingerprint density at radius 1 is 1.21 bits per heavy atom. The van der Waals surface area contributed by atoms with Gasteiger partial charge in [0.25, 0.3) is 0 Å². The normalized spacial score (nSPS) is 10.1. The van der Waals surface area contributed by atoms with Crippen LogP contribution in [0.5, 0.6) is 0 Å². The van der Waals surface area contributed by atoms with Crippen molar-refractivity contribution in [2.45, 2.75) is 41.0 Å². The molecule has 0 nitrogen and oxygen atoms in total. The minimum absolute atomic E-state index is 0. The maximum Gasteiger partial charge on any atom is 2.00 e. The standard InChI is InChI=1S/C13H18.W/c1-9(2)6-13-8-10(3)7-11(4)12(13)5;/h7H,6H2,1-5H3;/q-2;+2. The molecule has 1 heteroatoms. The third kappa shape index (κ3) is 3.58. The fourth-order valence-corrected chi connectivity index (χ4v) is 1.57. The molecule has 0 bridgehead atoms. The molecule has 0 amide bonds. The molecule has 0 unspecified atom stereocenters. The van der Waals surface area contributed by atoms with Crippen molar-refractivity contribution in [3.63, 3.8) is 0 Å². The Morgan fingerprint density at radius 3 is 2.29 bits per heavy atom. The number of hydrogen-bond acceptors (Lipinski definition) is 0. The first kappa shape index (κ1) is 13.9. The maximum atomic E-state index is 3.43. The topological polar surface area (TPSA) is 0 Å². The molecular formula is C13H18W. The minimum Gasteiger partial charge on any atom is -0.317 e. The zero-order valence-corrected chi connectivity index (χ0v) is 12.6. The molecule has 0 spiro atoms. The smallest absolute Gasteiger partial charge is 0.317 e. The number of aryl methyl sites for hydroxylation is 2. The summed E-state index contributed by atoms with van der Waals surface area (Å²) in [5.74, 6) is 1.45. The molecule has 0 atom stereocenters. The molecule has 0 saturated carbocycles. The van der Waals surface area contributed by atoms with Crippen LogP contribution < -0.4 is 0 Å². The number of benzene rings is 1. The van der Waals surface area contributed by atoms with Crippen LogP contribution >= 0.6 is 0 Å². The van der Waals surface area contributed by atoms with Crippen molar-refractivity contribution in [3.05, 3.63) is 40.3 Å². The molecule has 0 heterocycles. The average Bonchev–Trinajstić information content (AvgIpc) is 1.98. The van der Waals surface area contributed by atoms with Gasteiger partial charge in [0, 0.05) is 0 Å². The fraction of sp³-hybridized carbons (Fsp3) is 0.462. The zero-order chi connectivity index (χ0) is 10.0. The van der Waals surface area contributed by atoms with Crippen LogP contribution in [0.4, 0.5) is 0 Å². The van der Waals surface area contributed by atoms with E-state index in [9.17, 15) is 0 Å². The molecule has 0 aromatic heterocycles. The molecule has 0 radical (unpaired) electrons. The van der Waals surface area contributed by atoms with Crippen LogP contribution in [0.3, 0.4) is 0 Å². The van der Waals surface area contributed by atoms with Gasteiger partial charge in [-0.1, -0.05) is 20.8 Å². The third-order valence-corrected chi connectivity index (χ3v) is 2.36. The van der Waals surface area contributed by atoms with E-state index in [1.165, 1.54) is 28.2 Å². The van der Waals surface area contributed by atoms with Crippen molar-refractivity contribution in [2.75, 3.05) is 0 Å². The van der Waals surface area contributed by atoms with Crippen molar-refractivity contribution in [2.24, 2.45) is 0 Å². The average molecular weight is 358 g/mol. The van der Waals surface area contributed by atoms with Gasteiger partial charge >= 0.3 is 21.1 Å². The Morgan fingerprint density at radius 2 is 1.79 bits per heavy atom. The van der Waals surface area contributed by atoms with Crippen LogP contribution in [0.15, 0.2) is 6.07 Å². The first-order valence-corrected chi connectivity index (χ1v) is 4.78. The SMILES string of the molecule is Cc1[c-]c(C[C-](C)C)c(C)c(C)c1.[W+2]. The minimum atomic E-state index is 0. The van der Waals surface area contributed by atoms with Crippen LogP contribution in [0.2, 0.25) is 0 Å². The maximum absolute atomic E-state index is 3.43. The first-order chi connectivity index (χ1) is 6.00. The van der Waals surface area contributed by atoms with Crippen LogP contribution in [-0.4, -0.2) is 0 Å². The molecule has 1 aromatic carbocycles. The van der Waals surface area contributed by atoms with Gasteiger partial charge in [0.05, 0.1) is 0 Å². The van der Waals surface area contributed by atoms with Crippen LogP contribution in [-0.2, 0) is 27.5 Å². The van der Waals surface area contributed by atoms with Gasteiger partial charge < -0.3 is 5.92 Å². The summed E-state index contributed by atoms with van der Waals surface area (Å²) in [6.45, 7) is 10.8. The van der Waals surface area contributed by atoms with E-state index in [4.69, 9.17) is 0 Å². The molecule has 14 heavy (non-hydrogen) atoms. The second-order valence-electron chi connectivity index (χ2n) is 4.12. The van der Waals surface area contributed by atoms with Crippen LogP contribution in [0.1, 0.15) is 36.1 Å². The van der Waals surface area contributed by atoms with E-state index in [0.717, 1.165) is 6.42 Å². The summed E-state index contributed by atoms with van der Waals surface area (Å²) in [4.78, 5) is 0. The summed E-state index contributed by atoms with van der Waals surface area (Å²) < 4.78 is 0. The Kier molecular flexibility index (Phi) is 5.67. The van der Waals surface area contributed by atoms with Gasteiger partial charge in [-0.25, -0.2) is 0 Å². The van der Waals surface area contributed by atoms with E-state index < -0.39 is 0 Å². The molecular weight excluding hydrogens is 340 g/mol. The van der Waals surface area contributed by atoms with Gasteiger partial charge in [0.15, 0.2) is 0 Å². The molecule has 0 saturated heterocycles. The van der Waals surface area contributed by atoms with Crippen LogP contribution in [0.25, 0.3) is 0 Å². The van der Waals surface area contributed by atoms with Crippen LogP contribution in [0, 0.1) is 32.8 Å². The van der Waals surface area contributed by atoms with E-state index in [1.54, 1.807) is 0 Å². The molecule has 0 aliphatic rings. The Labute approximate surface area is 102 Å². The molecule has 0 aliphatic heterocycles. The Bertz CT molecular complexity index is 300. The first-order valence-electron chi connectivity index (χ1n) is 4.78. The van der Waals surface area contributed by atoms with Gasteiger partial charge in [-0.15, -0.1) is 0 Å². The quantitative estimate of drug-likeness (QED) is 0.710. The van der Waals surface area contributed by atoms with Gasteiger partial charge in [0.1, 0.15) is 0 Å².